The van der Waals surface area contributed by atoms with E-state index in [2.05, 4.69) is 43.4 Å². The van der Waals surface area contributed by atoms with E-state index in [1.54, 1.807) is 12.1 Å². The lowest BCUT2D eigenvalue weighted by atomic mass is 9.80. The van der Waals surface area contributed by atoms with Crippen LogP contribution in [0.4, 0.5) is 4.79 Å². The van der Waals surface area contributed by atoms with Crippen LogP contribution in [0.3, 0.4) is 0 Å². The minimum atomic E-state index is -1.35. The number of ketones is 1. The number of ether oxygens (including phenoxy) is 1. The van der Waals surface area contributed by atoms with E-state index in [-0.39, 0.29) is 12.3 Å². The van der Waals surface area contributed by atoms with E-state index in [4.69, 9.17) is 14.8 Å². The number of nitrogens with zero attached hydrogens (tertiary/aromatic N) is 1. The Morgan fingerprint density at radius 3 is 1.97 bits per heavy atom. The summed E-state index contributed by atoms with van der Waals surface area (Å²) in [5.74, 6) is 0.858. The van der Waals surface area contributed by atoms with Crippen molar-refractivity contribution in [1.29, 1.82) is 0 Å². The van der Waals surface area contributed by atoms with Crippen molar-refractivity contribution in [2.45, 2.75) is 84.7 Å². The van der Waals surface area contributed by atoms with Crippen LogP contribution in [0.15, 0.2) is 48.5 Å². The second kappa shape index (κ2) is 16.4. The van der Waals surface area contributed by atoms with Crippen LogP contribution in [-0.4, -0.2) is 65.7 Å². The van der Waals surface area contributed by atoms with Crippen molar-refractivity contribution in [1.82, 2.24) is 10.2 Å². The van der Waals surface area contributed by atoms with Crippen LogP contribution in [0.2, 0.25) is 0 Å². The second-order valence-electron chi connectivity index (χ2n) is 11.2. The van der Waals surface area contributed by atoms with Crippen LogP contribution in [-0.2, 0) is 22.4 Å². The number of hydrogen-bond donors (Lipinski definition) is 3. The first-order valence-corrected chi connectivity index (χ1v) is 14.3. The molecule has 2 saturated heterocycles. The summed E-state index contributed by atoms with van der Waals surface area (Å²) < 4.78 is 5.10. The lowest BCUT2D eigenvalue weighted by Gasteiger charge is -2.23. The Morgan fingerprint density at radius 1 is 1.00 bits per heavy atom. The summed E-state index contributed by atoms with van der Waals surface area (Å²) >= 11 is 0. The molecule has 1 amide bonds. The van der Waals surface area contributed by atoms with Crippen LogP contribution >= 0.6 is 0 Å². The lowest BCUT2D eigenvalue weighted by molar-refractivity contribution is -0.116. The fourth-order valence-corrected chi connectivity index (χ4v) is 4.44. The molecule has 2 aliphatic rings. The third-order valence-electron chi connectivity index (χ3n) is 6.55. The van der Waals surface area contributed by atoms with Crippen molar-refractivity contribution in [2.75, 3.05) is 26.2 Å². The zero-order chi connectivity index (χ0) is 28.8. The van der Waals surface area contributed by atoms with Crippen molar-refractivity contribution in [2.24, 2.45) is 0 Å². The Bertz CT molecular complexity index is 997. The van der Waals surface area contributed by atoms with Gasteiger partial charge in [-0.3, -0.25) is 4.79 Å². The van der Waals surface area contributed by atoms with Crippen molar-refractivity contribution in [3.8, 4) is 0 Å². The molecule has 0 aromatic heterocycles. The van der Waals surface area contributed by atoms with Gasteiger partial charge in [-0.25, -0.2) is 4.79 Å². The molecular formula is C31H47BN2O5. The van der Waals surface area contributed by atoms with E-state index in [0.717, 1.165) is 25.3 Å². The van der Waals surface area contributed by atoms with E-state index < -0.39 is 18.8 Å². The number of rotatable bonds is 6. The van der Waals surface area contributed by atoms with Gasteiger partial charge in [0.05, 0.1) is 6.54 Å². The number of likely N-dealkylation sites (tertiary alicyclic amines) is 1. The minimum absolute atomic E-state index is 0.103. The Labute approximate surface area is 235 Å². The molecule has 2 aliphatic heterocycles. The summed E-state index contributed by atoms with van der Waals surface area (Å²) in [5, 5.41) is 21.0. The van der Waals surface area contributed by atoms with Gasteiger partial charge < -0.3 is 25.0 Å². The molecule has 0 radical (unpaired) electrons. The molecule has 0 bridgehead atoms. The zero-order valence-electron chi connectivity index (χ0n) is 24.4. The van der Waals surface area contributed by atoms with Gasteiger partial charge in [0.1, 0.15) is 5.60 Å². The molecule has 4 rings (SSSR count). The fourth-order valence-electron chi connectivity index (χ4n) is 4.44. The summed E-state index contributed by atoms with van der Waals surface area (Å²) in [6.45, 7) is 12.8. The van der Waals surface area contributed by atoms with E-state index in [1.165, 1.54) is 47.4 Å². The molecule has 1 atom stereocenters. The first-order valence-electron chi connectivity index (χ1n) is 14.3. The average molecular weight is 539 g/mol. The molecule has 39 heavy (non-hydrogen) atoms. The highest BCUT2D eigenvalue weighted by atomic mass is 16.6. The molecule has 2 aromatic rings. The number of benzene rings is 2. The number of carbonyl (C=O) groups excluding carboxylic acids is 2. The summed E-state index contributed by atoms with van der Waals surface area (Å²) in [6.07, 6.45) is 5.97. The van der Waals surface area contributed by atoms with Gasteiger partial charge in [-0.2, -0.15) is 0 Å². The Hall–Kier alpha value is -2.68. The van der Waals surface area contributed by atoms with Crippen LogP contribution in [0, 0.1) is 0 Å². The van der Waals surface area contributed by atoms with Gasteiger partial charge in [-0.1, -0.05) is 75.2 Å². The van der Waals surface area contributed by atoms with Crippen LogP contribution in [0.1, 0.15) is 82.9 Å². The van der Waals surface area contributed by atoms with Crippen molar-refractivity contribution < 1.29 is 24.4 Å². The van der Waals surface area contributed by atoms with Crippen molar-refractivity contribution >= 4 is 24.5 Å². The second-order valence-corrected chi connectivity index (χ2v) is 11.2. The standard InChI is InChI=1S/C13H19N.C9H13BO2.C9H15NO3/c1-2-3-11-4-6-12(7-5-11)13-8-9-14-10-13;1-2-3-8-4-6-9(7-5-8)10(11)12;1-9(2,3)13-8(12)10-5-4-7(11)6-10/h4-7,13-14H,2-3,8-10H2,1H3;4-7,11-12H,2-3H2,1H3;4-6H2,1-3H3. The van der Waals surface area contributed by atoms with Crippen LogP contribution < -0.4 is 10.8 Å². The van der Waals surface area contributed by atoms with Gasteiger partial charge >= 0.3 is 13.2 Å². The quantitative estimate of drug-likeness (QED) is 0.477. The molecule has 2 heterocycles. The first-order chi connectivity index (χ1) is 18.5. The molecule has 2 aromatic carbocycles. The summed E-state index contributed by atoms with van der Waals surface area (Å²) in [6, 6.07) is 16.5. The molecule has 214 valence electrons. The largest absolute Gasteiger partial charge is 0.488 e. The number of carbonyl (C=O) groups is 2. The van der Waals surface area contributed by atoms with Crippen LogP contribution in [0.25, 0.3) is 0 Å². The number of aryl methyl sites for hydroxylation is 2. The fraction of sp³-hybridized carbons (Fsp3) is 0.548. The van der Waals surface area contributed by atoms with Gasteiger partial charge in [-0.05, 0) is 74.6 Å². The van der Waals surface area contributed by atoms with E-state index in [0.29, 0.717) is 18.4 Å². The number of hydrogen-bond acceptors (Lipinski definition) is 6. The minimum Gasteiger partial charge on any atom is -0.444 e. The third kappa shape index (κ3) is 12.4. The molecule has 0 aliphatic carbocycles. The highest BCUT2D eigenvalue weighted by Crippen LogP contribution is 2.22. The summed E-state index contributed by atoms with van der Waals surface area (Å²) in [5.41, 5.74) is 4.29. The molecular weight excluding hydrogens is 491 g/mol. The van der Waals surface area contributed by atoms with E-state index >= 15 is 0 Å². The molecule has 8 heteroatoms. The van der Waals surface area contributed by atoms with Crippen LogP contribution in [0.5, 0.6) is 0 Å². The number of Topliss-reactive ketones (excluding diaryl/α,β-unsaturated/α-hetero) is 1. The number of amides is 1. The number of nitrogens with one attached hydrogen (secondary N) is 1. The highest BCUT2D eigenvalue weighted by Gasteiger charge is 2.28. The van der Waals surface area contributed by atoms with Gasteiger partial charge in [0.2, 0.25) is 0 Å². The molecule has 2 fully saturated rings. The molecule has 0 saturated carbocycles. The Balaban J connectivity index is 0.000000206. The van der Waals surface area contributed by atoms with Gasteiger partial charge in [-0.15, -0.1) is 0 Å². The monoisotopic (exact) mass is 538 g/mol. The summed E-state index contributed by atoms with van der Waals surface area (Å²) in [7, 11) is -1.35. The normalized spacial score (nSPS) is 16.6. The maximum absolute atomic E-state index is 11.4. The Morgan fingerprint density at radius 2 is 1.56 bits per heavy atom. The van der Waals surface area contributed by atoms with Gasteiger partial charge in [0.25, 0.3) is 0 Å². The maximum atomic E-state index is 11.4. The third-order valence-corrected chi connectivity index (χ3v) is 6.55. The van der Waals surface area contributed by atoms with E-state index in [9.17, 15) is 9.59 Å². The SMILES string of the molecule is CC(C)(C)OC(=O)N1CCC(=O)C1.CCCc1ccc(B(O)O)cc1.CCCc1ccc(C2CCNC2)cc1. The highest BCUT2D eigenvalue weighted by molar-refractivity contribution is 6.58. The predicted molar refractivity (Wildman–Crippen MR) is 158 cm³/mol. The lowest BCUT2D eigenvalue weighted by Crippen LogP contribution is -2.35. The topological polar surface area (TPSA) is 99.1 Å². The molecule has 7 nitrogen and oxygen atoms in total. The van der Waals surface area contributed by atoms with Crippen molar-refractivity contribution in [3.63, 3.8) is 0 Å². The van der Waals surface area contributed by atoms with E-state index in [1.807, 2.05) is 32.9 Å². The molecule has 0 spiro atoms. The summed E-state index contributed by atoms with van der Waals surface area (Å²) in [4.78, 5) is 23.7. The Kier molecular flexibility index (Phi) is 13.7. The smallest absolute Gasteiger partial charge is 0.444 e. The molecule has 1 unspecified atom stereocenters. The van der Waals surface area contributed by atoms with Gasteiger partial charge in [0, 0.05) is 19.5 Å². The van der Waals surface area contributed by atoms with Crippen molar-refractivity contribution in [3.05, 3.63) is 65.2 Å². The predicted octanol–water partition coefficient (Wildman–Crippen LogP) is 4.23. The first kappa shape index (κ1) is 32.5. The molecule has 3 N–H and O–H groups in total. The average Bonchev–Trinajstić information content (AvgIpc) is 3.58. The zero-order valence-corrected chi connectivity index (χ0v) is 24.4. The maximum Gasteiger partial charge on any atom is 0.488 e. The van der Waals surface area contributed by atoms with Gasteiger partial charge in [0.15, 0.2) is 5.78 Å².